The number of ether oxygens (including phenoxy) is 1. The van der Waals surface area contributed by atoms with E-state index in [1.54, 1.807) is 32.0 Å². The fourth-order valence-corrected chi connectivity index (χ4v) is 2.23. The maximum absolute atomic E-state index is 12.1. The lowest BCUT2D eigenvalue weighted by molar-refractivity contribution is 0.0467. The lowest BCUT2D eigenvalue weighted by Crippen LogP contribution is -2.12. The molecule has 1 heterocycles. The first-order valence-corrected chi connectivity index (χ1v) is 6.86. The van der Waals surface area contributed by atoms with E-state index in [1.165, 1.54) is 6.07 Å². The monoisotopic (exact) mass is 326 g/mol. The molecule has 0 amide bonds. The number of esters is 1. The molecule has 0 saturated carbocycles. The second kappa shape index (κ2) is 6.33. The van der Waals surface area contributed by atoms with E-state index in [1.807, 2.05) is 0 Å². The topological polar surface area (TPSA) is 56.5 Å². The smallest absolute Gasteiger partial charge is 0.342 e. The summed E-state index contributed by atoms with van der Waals surface area (Å²) in [5.41, 5.74) is 0.994. The Morgan fingerprint density at radius 3 is 2.52 bits per heavy atom. The summed E-state index contributed by atoms with van der Waals surface area (Å²) in [5, 5.41) is 0.826. The normalized spacial score (nSPS) is 10.5. The highest BCUT2D eigenvalue weighted by Crippen LogP contribution is 2.23. The first kappa shape index (κ1) is 15.6. The van der Waals surface area contributed by atoms with Crippen molar-refractivity contribution >= 4 is 29.2 Å². The van der Waals surface area contributed by atoms with Crippen LogP contribution < -0.4 is 5.63 Å². The van der Waals surface area contributed by atoms with Gasteiger partial charge in [-0.3, -0.25) is 0 Å². The maximum Gasteiger partial charge on any atom is 0.342 e. The molecule has 21 heavy (non-hydrogen) atoms. The zero-order chi connectivity index (χ0) is 15.6. The van der Waals surface area contributed by atoms with E-state index in [0.717, 1.165) is 0 Å². The van der Waals surface area contributed by atoms with Crippen LogP contribution >= 0.6 is 23.2 Å². The van der Waals surface area contributed by atoms with Crippen molar-refractivity contribution in [2.24, 2.45) is 0 Å². The zero-order valence-electron chi connectivity index (χ0n) is 11.4. The van der Waals surface area contributed by atoms with Crippen LogP contribution in [0.3, 0.4) is 0 Å². The third-order valence-corrected chi connectivity index (χ3v) is 3.63. The van der Waals surface area contributed by atoms with E-state index in [4.69, 9.17) is 32.4 Å². The van der Waals surface area contributed by atoms with Gasteiger partial charge in [0.2, 0.25) is 0 Å². The molecule has 0 aliphatic heterocycles. The maximum atomic E-state index is 12.1. The fourth-order valence-electron chi connectivity index (χ4n) is 1.91. The van der Waals surface area contributed by atoms with Crippen LogP contribution in [0.5, 0.6) is 0 Å². The van der Waals surface area contributed by atoms with Gasteiger partial charge < -0.3 is 9.15 Å². The summed E-state index contributed by atoms with van der Waals surface area (Å²) in [4.78, 5) is 23.3. The fraction of sp³-hybridized carbons (Fsp3) is 0.200. The summed E-state index contributed by atoms with van der Waals surface area (Å²) in [5.74, 6) is -0.320. The Morgan fingerprint density at radius 1 is 1.19 bits per heavy atom. The largest absolute Gasteiger partial charge is 0.457 e. The third kappa shape index (κ3) is 3.65. The van der Waals surface area contributed by atoms with Gasteiger partial charge in [-0.2, -0.15) is 0 Å². The Kier molecular flexibility index (Phi) is 4.70. The van der Waals surface area contributed by atoms with Crippen LogP contribution in [0.25, 0.3) is 0 Å². The van der Waals surface area contributed by atoms with Gasteiger partial charge in [0.25, 0.3) is 0 Å². The molecule has 1 aromatic heterocycles. The second-order valence-corrected chi connectivity index (χ2v) is 5.32. The van der Waals surface area contributed by atoms with E-state index in [9.17, 15) is 9.59 Å². The minimum Gasteiger partial charge on any atom is -0.457 e. The van der Waals surface area contributed by atoms with Gasteiger partial charge in [0.15, 0.2) is 0 Å². The highest BCUT2D eigenvalue weighted by atomic mass is 35.5. The summed E-state index contributed by atoms with van der Waals surface area (Å²) in [7, 11) is 0. The molecule has 0 N–H and O–H groups in total. The van der Waals surface area contributed by atoms with E-state index < -0.39 is 11.6 Å². The van der Waals surface area contributed by atoms with E-state index in [2.05, 4.69) is 0 Å². The molecule has 0 saturated heterocycles. The van der Waals surface area contributed by atoms with Crippen LogP contribution in [0, 0.1) is 13.8 Å². The van der Waals surface area contributed by atoms with Gasteiger partial charge in [-0.15, -0.1) is 0 Å². The molecule has 0 aliphatic rings. The van der Waals surface area contributed by atoms with Gasteiger partial charge in [0, 0.05) is 6.07 Å². The highest BCUT2D eigenvalue weighted by Gasteiger charge is 2.16. The SMILES string of the molecule is Cc1cc(=O)oc(C)c1C(=O)OCc1ccc(Cl)c(Cl)c1. The van der Waals surface area contributed by atoms with Crippen LogP contribution in [-0.4, -0.2) is 5.97 Å². The molecular formula is C15H12Cl2O4. The summed E-state index contributed by atoms with van der Waals surface area (Å²) in [6.45, 7) is 3.25. The molecule has 4 nitrogen and oxygen atoms in total. The number of rotatable bonds is 3. The van der Waals surface area contributed by atoms with Crippen LogP contribution in [0.2, 0.25) is 10.0 Å². The highest BCUT2D eigenvalue weighted by molar-refractivity contribution is 6.42. The number of carbonyl (C=O) groups excluding carboxylic acids is 1. The Morgan fingerprint density at radius 2 is 1.90 bits per heavy atom. The van der Waals surface area contributed by atoms with Crippen molar-refractivity contribution < 1.29 is 13.9 Å². The van der Waals surface area contributed by atoms with E-state index in [0.29, 0.717) is 21.2 Å². The van der Waals surface area contributed by atoms with Crippen molar-refractivity contribution in [3.63, 3.8) is 0 Å². The summed E-state index contributed by atoms with van der Waals surface area (Å²) >= 11 is 11.7. The quantitative estimate of drug-likeness (QED) is 0.802. The van der Waals surface area contributed by atoms with Gasteiger partial charge in [0.05, 0.1) is 10.0 Å². The number of benzene rings is 1. The summed E-state index contributed by atoms with van der Waals surface area (Å²) in [6.07, 6.45) is 0. The van der Waals surface area contributed by atoms with Gasteiger partial charge in [0.1, 0.15) is 17.9 Å². The molecule has 0 radical (unpaired) electrons. The zero-order valence-corrected chi connectivity index (χ0v) is 12.9. The average molecular weight is 327 g/mol. The summed E-state index contributed by atoms with van der Waals surface area (Å²) < 4.78 is 10.1. The van der Waals surface area contributed by atoms with Gasteiger partial charge in [-0.05, 0) is 37.1 Å². The van der Waals surface area contributed by atoms with Gasteiger partial charge in [-0.1, -0.05) is 29.3 Å². The van der Waals surface area contributed by atoms with Crippen LogP contribution in [0.4, 0.5) is 0 Å². The van der Waals surface area contributed by atoms with Crippen molar-refractivity contribution in [1.29, 1.82) is 0 Å². The molecule has 0 spiro atoms. The predicted octanol–water partition coefficient (Wildman–Crippen LogP) is 3.92. The Bertz CT molecular complexity index is 724. The van der Waals surface area contributed by atoms with Crippen molar-refractivity contribution in [2.75, 3.05) is 0 Å². The molecule has 2 aromatic rings. The first-order valence-electron chi connectivity index (χ1n) is 6.11. The Hall–Kier alpha value is -1.78. The molecule has 2 rings (SSSR count). The molecule has 0 fully saturated rings. The predicted molar refractivity (Wildman–Crippen MR) is 80.0 cm³/mol. The number of carbonyl (C=O) groups is 1. The molecule has 0 bridgehead atoms. The lowest BCUT2D eigenvalue weighted by atomic mass is 10.1. The summed E-state index contributed by atoms with van der Waals surface area (Å²) in [6, 6.07) is 6.22. The minimum atomic E-state index is -0.556. The number of aryl methyl sites for hydroxylation is 2. The first-order chi connectivity index (χ1) is 9.88. The molecule has 0 unspecified atom stereocenters. The third-order valence-electron chi connectivity index (χ3n) is 2.89. The Balaban J connectivity index is 2.15. The number of hydrogen-bond donors (Lipinski definition) is 0. The standard InChI is InChI=1S/C15H12Cl2O4/c1-8-5-13(18)21-9(2)14(8)15(19)20-7-10-3-4-11(16)12(17)6-10/h3-6H,7H2,1-2H3. The Labute approximate surface area is 131 Å². The van der Waals surface area contributed by atoms with Gasteiger partial charge >= 0.3 is 11.6 Å². The minimum absolute atomic E-state index is 0.0493. The molecule has 0 atom stereocenters. The van der Waals surface area contributed by atoms with Crippen molar-refractivity contribution in [2.45, 2.75) is 20.5 Å². The number of halogens is 2. The van der Waals surface area contributed by atoms with Crippen molar-refractivity contribution in [1.82, 2.24) is 0 Å². The van der Waals surface area contributed by atoms with Crippen LogP contribution in [-0.2, 0) is 11.3 Å². The molecular weight excluding hydrogens is 315 g/mol. The lowest BCUT2D eigenvalue weighted by Gasteiger charge is -2.09. The average Bonchev–Trinajstić information content (AvgIpc) is 2.39. The van der Waals surface area contributed by atoms with Crippen LogP contribution in [0.1, 0.15) is 27.2 Å². The van der Waals surface area contributed by atoms with Crippen molar-refractivity contribution in [3.05, 3.63) is 67.2 Å². The number of hydrogen-bond acceptors (Lipinski definition) is 4. The van der Waals surface area contributed by atoms with E-state index >= 15 is 0 Å². The second-order valence-electron chi connectivity index (χ2n) is 4.50. The van der Waals surface area contributed by atoms with Gasteiger partial charge in [-0.25, -0.2) is 9.59 Å². The molecule has 0 aliphatic carbocycles. The van der Waals surface area contributed by atoms with Crippen LogP contribution in [0.15, 0.2) is 33.5 Å². The van der Waals surface area contributed by atoms with E-state index in [-0.39, 0.29) is 17.9 Å². The molecule has 1 aromatic carbocycles. The van der Waals surface area contributed by atoms with Crippen molar-refractivity contribution in [3.8, 4) is 0 Å². The molecule has 6 heteroatoms. The molecule has 110 valence electrons.